The minimum absolute atomic E-state index is 0. The summed E-state index contributed by atoms with van der Waals surface area (Å²) in [6, 6.07) is 16.5. The van der Waals surface area contributed by atoms with Gasteiger partial charge in [-0.25, -0.2) is 9.59 Å². The minimum Gasteiger partial charge on any atom is -0.479 e. The van der Waals surface area contributed by atoms with Crippen molar-refractivity contribution in [3.8, 4) is 0 Å². The third-order valence-electron chi connectivity index (χ3n) is 2.70. The Balaban J connectivity index is 0.000000403. The second-order valence-electron chi connectivity index (χ2n) is 4.30. The Hall–Kier alpha value is -2.18. The van der Waals surface area contributed by atoms with E-state index in [0.717, 1.165) is 0 Å². The molecule has 2 atom stereocenters. The molecule has 4 N–H and O–H groups in total. The molecule has 23 heavy (non-hydrogen) atoms. The van der Waals surface area contributed by atoms with Crippen molar-refractivity contribution in [2.75, 3.05) is 0 Å². The van der Waals surface area contributed by atoms with Crippen LogP contribution in [-0.2, 0) is 26.7 Å². The molecule has 2 rings (SSSR count). The van der Waals surface area contributed by atoms with Gasteiger partial charge in [-0.1, -0.05) is 60.7 Å². The first-order valence-corrected chi connectivity index (χ1v) is 6.35. The number of hydrogen-bond acceptors (Lipinski definition) is 4. The number of rotatable bonds is 4. The number of aliphatic carboxylic acids is 2. The Kier molecular flexibility index (Phi) is 9.53. The van der Waals surface area contributed by atoms with Crippen LogP contribution < -0.4 is 0 Å². The van der Waals surface area contributed by atoms with Gasteiger partial charge in [-0.05, 0) is 11.1 Å². The number of carbonyl (C=O) groups is 2. The van der Waals surface area contributed by atoms with Gasteiger partial charge in [0, 0.05) is 17.1 Å². The van der Waals surface area contributed by atoms with Crippen molar-refractivity contribution >= 4 is 11.9 Å². The molecule has 0 aliphatic heterocycles. The molecule has 0 aliphatic carbocycles. The van der Waals surface area contributed by atoms with Gasteiger partial charge in [0.05, 0.1) is 0 Å². The summed E-state index contributed by atoms with van der Waals surface area (Å²) in [5, 5.41) is 34.8. The molecular formula is C16H16CuO6. The monoisotopic (exact) mass is 367 g/mol. The molecule has 0 amide bonds. The summed E-state index contributed by atoms with van der Waals surface area (Å²) < 4.78 is 0. The molecule has 0 bridgehead atoms. The molecule has 7 heteroatoms. The normalized spacial score (nSPS) is 11.9. The van der Waals surface area contributed by atoms with Crippen molar-refractivity contribution in [1.29, 1.82) is 0 Å². The fourth-order valence-electron chi connectivity index (χ4n) is 1.56. The number of carboxylic acid groups (broad SMARTS) is 2. The van der Waals surface area contributed by atoms with E-state index in [1.165, 1.54) is 0 Å². The van der Waals surface area contributed by atoms with E-state index >= 15 is 0 Å². The molecule has 0 heterocycles. The quantitative estimate of drug-likeness (QED) is 0.610. The van der Waals surface area contributed by atoms with Crippen LogP contribution in [0.1, 0.15) is 23.3 Å². The van der Waals surface area contributed by atoms with Gasteiger partial charge in [0.15, 0.2) is 12.2 Å². The van der Waals surface area contributed by atoms with Crippen LogP contribution in [-0.4, -0.2) is 32.4 Å². The van der Waals surface area contributed by atoms with Gasteiger partial charge in [-0.2, -0.15) is 0 Å². The van der Waals surface area contributed by atoms with Gasteiger partial charge in [-0.3, -0.25) is 0 Å². The largest absolute Gasteiger partial charge is 0.479 e. The maximum absolute atomic E-state index is 10.2. The summed E-state index contributed by atoms with van der Waals surface area (Å²) in [6.07, 6.45) is -2.81. The Labute approximate surface area is 143 Å². The van der Waals surface area contributed by atoms with Crippen molar-refractivity contribution in [1.82, 2.24) is 0 Å². The van der Waals surface area contributed by atoms with E-state index in [4.69, 9.17) is 20.4 Å². The van der Waals surface area contributed by atoms with E-state index in [-0.39, 0.29) is 17.1 Å². The van der Waals surface area contributed by atoms with Crippen LogP contribution in [0.5, 0.6) is 0 Å². The van der Waals surface area contributed by atoms with E-state index in [2.05, 4.69) is 0 Å². The second-order valence-corrected chi connectivity index (χ2v) is 4.30. The zero-order chi connectivity index (χ0) is 16.5. The summed E-state index contributed by atoms with van der Waals surface area (Å²) in [5.74, 6) is -2.45. The number of aliphatic hydroxyl groups excluding tert-OH is 2. The van der Waals surface area contributed by atoms with Gasteiger partial charge in [-0.15, -0.1) is 0 Å². The molecule has 0 unspecified atom stereocenters. The van der Waals surface area contributed by atoms with Gasteiger partial charge in [0.1, 0.15) is 0 Å². The van der Waals surface area contributed by atoms with Crippen molar-refractivity contribution < 1.29 is 47.1 Å². The van der Waals surface area contributed by atoms with Crippen LogP contribution in [0, 0.1) is 0 Å². The molecule has 0 aromatic heterocycles. The molecule has 127 valence electrons. The molecule has 0 saturated heterocycles. The van der Waals surface area contributed by atoms with Crippen LogP contribution in [0.25, 0.3) is 0 Å². The van der Waals surface area contributed by atoms with E-state index in [1.807, 2.05) is 0 Å². The third kappa shape index (κ3) is 7.08. The number of benzene rings is 2. The average Bonchev–Trinajstić information content (AvgIpc) is 2.55. The zero-order valence-corrected chi connectivity index (χ0v) is 12.8. The first kappa shape index (κ1) is 20.8. The van der Waals surface area contributed by atoms with Gasteiger partial charge in [0.2, 0.25) is 0 Å². The summed E-state index contributed by atoms with van der Waals surface area (Å²) in [5.41, 5.74) is 0.806. The Bertz CT molecular complexity index is 547. The molecule has 0 fully saturated rings. The van der Waals surface area contributed by atoms with Crippen molar-refractivity contribution in [2.45, 2.75) is 12.2 Å². The third-order valence-corrected chi connectivity index (χ3v) is 2.70. The number of hydrogen-bond donors (Lipinski definition) is 4. The second kappa shape index (κ2) is 10.5. The molecule has 0 aliphatic rings. The molecular weight excluding hydrogens is 352 g/mol. The van der Waals surface area contributed by atoms with E-state index in [0.29, 0.717) is 11.1 Å². The maximum Gasteiger partial charge on any atom is 0.337 e. The number of carboxylic acids is 2. The fourth-order valence-corrected chi connectivity index (χ4v) is 1.56. The van der Waals surface area contributed by atoms with Crippen LogP contribution in [0.2, 0.25) is 0 Å². The smallest absolute Gasteiger partial charge is 0.337 e. The fraction of sp³-hybridized carbons (Fsp3) is 0.125. The predicted octanol–water partition coefficient (Wildman–Crippen LogP) is 1.61. The maximum atomic E-state index is 10.2. The van der Waals surface area contributed by atoms with Crippen LogP contribution >= 0.6 is 0 Å². The van der Waals surface area contributed by atoms with Gasteiger partial charge in [0.25, 0.3) is 0 Å². The molecule has 1 radical (unpaired) electrons. The summed E-state index contributed by atoms with van der Waals surface area (Å²) in [6.45, 7) is 0. The summed E-state index contributed by atoms with van der Waals surface area (Å²) >= 11 is 0. The van der Waals surface area contributed by atoms with E-state index in [9.17, 15) is 9.59 Å². The molecule has 0 saturated carbocycles. The topological polar surface area (TPSA) is 115 Å². The van der Waals surface area contributed by atoms with Crippen molar-refractivity contribution in [3.63, 3.8) is 0 Å². The Morgan fingerprint density at radius 1 is 0.652 bits per heavy atom. The SMILES string of the molecule is O=C(O)[C@H](O)c1ccccc1.O=C(O)[C@H](O)c1ccccc1.[Cu]. The standard InChI is InChI=1S/2C8H8O3.Cu/c2*9-7(8(10)11)6-4-2-1-3-5-6;/h2*1-5,7,9H,(H,10,11);/t2*7-;/m11./s1. The van der Waals surface area contributed by atoms with Crippen LogP contribution in [0.3, 0.4) is 0 Å². The van der Waals surface area contributed by atoms with Crippen molar-refractivity contribution in [3.05, 3.63) is 71.8 Å². The molecule has 2 aromatic carbocycles. The predicted molar refractivity (Wildman–Crippen MR) is 78.1 cm³/mol. The van der Waals surface area contributed by atoms with Gasteiger partial charge < -0.3 is 20.4 Å². The van der Waals surface area contributed by atoms with E-state index in [1.54, 1.807) is 60.7 Å². The summed E-state index contributed by atoms with van der Waals surface area (Å²) in [7, 11) is 0. The van der Waals surface area contributed by atoms with Crippen molar-refractivity contribution in [2.24, 2.45) is 0 Å². The molecule has 2 aromatic rings. The first-order valence-electron chi connectivity index (χ1n) is 6.35. The van der Waals surface area contributed by atoms with E-state index < -0.39 is 24.1 Å². The minimum atomic E-state index is -1.41. The first-order chi connectivity index (χ1) is 10.4. The number of aliphatic hydroxyl groups is 2. The molecule has 0 spiro atoms. The average molecular weight is 368 g/mol. The van der Waals surface area contributed by atoms with Crippen LogP contribution in [0.4, 0.5) is 0 Å². The van der Waals surface area contributed by atoms with Crippen LogP contribution in [0.15, 0.2) is 60.7 Å². The summed E-state index contributed by atoms with van der Waals surface area (Å²) in [4.78, 5) is 20.5. The molecule has 6 nitrogen and oxygen atoms in total. The Morgan fingerprint density at radius 3 is 1.13 bits per heavy atom. The Morgan fingerprint density at radius 2 is 0.913 bits per heavy atom. The zero-order valence-electron chi connectivity index (χ0n) is 11.8. The van der Waals surface area contributed by atoms with Gasteiger partial charge >= 0.3 is 11.9 Å².